The summed E-state index contributed by atoms with van der Waals surface area (Å²) < 4.78 is 7.55. The Morgan fingerprint density at radius 2 is 1.96 bits per heavy atom. The number of hydrogen-bond acceptors (Lipinski definition) is 5. The van der Waals surface area contributed by atoms with E-state index in [2.05, 4.69) is 10.2 Å². The maximum absolute atomic E-state index is 12.7. The first-order chi connectivity index (χ1) is 13.1. The quantitative estimate of drug-likeness (QED) is 0.651. The van der Waals surface area contributed by atoms with Crippen LogP contribution in [-0.4, -0.2) is 44.3 Å². The summed E-state index contributed by atoms with van der Waals surface area (Å²) in [6, 6.07) is 12.4. The molecule has 1 atom stereocenters. The molecule has 0 aliphatic carbocycles. The summed E-state index contributed by atoms with van der Waals surface area (Å²) in [4.78, 5) is 25.9. The smallest absolute Gasteiger partial charge is 0.261 e. The van der Waals surface area contributed by atoms with Gasteiger partial charge >= 0.3 is 0 Å². The number of Topliss-reactive ketones (excluding diaryl/α,β-unsaturated/α-hetero) is 1. The van der Waals surface area contributed by atoms with Crippen LogP contribution in [0.25, 0.3) is 5.65 Å². The van der Waals surface area contributed by atoms with Crippen LogP contribution >= 0.6 is 0 Å². The molecule has 0 spiro atoms. The number of aromatic nitrogens is 3. The number of carbonyl (C=O) groups excluding carboxylic acids is 2. The van der Waals surface area contributed by atoms with E-state index >= 15 is 0 Å². The summed E-state index contributed by atoms with van der Waals surface area (Å²) in [5.74, 6) is 1.26. The van der Waals surface area contributed by atoms with E-state index in [1.165, 1.54) is 6.92 Å². The highest BCUT2D eigenvalue weighted by Crippen LogP contribution is 2.31. The molecule has 1 fully saturated rings. The minimum absolute atomic E-state index is 0.00179. The first kappa shape index (κ1) is 17.2. The number of hydrogen-bond donors (Lipinski definition) is 0. The van der Waals surface area contributed by atoms with Gasteiger partial charge in [0.2, 0.25) is 0 Å². The number of ketones is 1. The second-order valence-corrected chi connectivity index (χ2v) is 6.60. The molecule has 7 nitrogen and oxygen atoms in total. The van der Waals surface area contributed by atoms with Crippen LogP contribution in [0.1, 0.15) is 42.0 Å². The summed E-state index contributed by atoms with van der Waals surface area (Å²) >= 11 is 0. The van der Waals surface area contributed by atoms with E-state index in [0.717, 1.165) is 24.3 Å². The van der Waals surface area contributed by atoms with Crippen LogP contribution in [0.2, 0.25) is 0 Å². The summed E-state index contributed by atoms with van der Waals surface area (Å²) in [6.07, 6.45) is 3.69. The number of ether oxygens (including phenoxy) is 1. The Bertz CT molecular complexity index is 980. The number of benzene rings is 1. The van der Waals surface area contributed by atoms with E-state index in [1.54, 1.807) is 24.3 Å². The van der Waals surface area contributed by atoms with Crippen molar-refractivity contribution in [2.75, 3.05) is 13.2 Å². The van der Waals surface area contributed by atoms with Gasteiger partial charge in [-0.25, -0.2) is 0 Å². The molecule has 2 aromatic heterocycles. The molecule has 4 rings (SSSR count). The molecular weight excluding hydrogens is 344 g/mol. The van der Waals surface area contributed by atoms with Crippen molar-refractivity contribution in [3.63, 3.8) is 0 Å². The summed E-state index contributed by atoms with van der Waals surface area (Å²) in [5.41, 5.74) is 1.39. The minimum Gasteiger partial charge on any atom is -0.484 e. The number of fused-ring (bicyclic) bond motifs is 1. The van der Waals surface area contributed by atoms with Crippen LogP contribution in [-0.2, 0) is 4.79 Å². The third kappa shape index (κ3) is 3.40. The molecule has 3 heterocycles. The summed E-state index contributed by atoms with van der Waals surface area (Å²) in [5, 5.41) is 8.49. The SMILES string of the molecule is CC(=O)c1ccc(OCC(=O)N2CCCC2c2nnc3ccccn23)cc1. The predicted octanol–water partition coefficient (Wildman–Crippen LogP) is 2.67. The van der Waals surface area contributed by atoms with Gasteiger partial charge in [0.15, 0.2) is 23.9 Å². The van der Waals surface area contributed by atoms with Gasteiger partial charge in [0.25, 0.3) is 5.91 Å². The van der Waals surface area contributed by atoms with Crippen LogP contribution in [0.3, 0.4) is 0 Å². The highest BCUT2D eigenvalue weighted by atomic mass is 16.5. The standard InChI is InChI=1S/C20H20N4O3/c1-14(25)15-7-9-16(10-8-15)27-13-19(26)23-12-4-5-17(23)20-22-21-18-6-2-3-11-24(18)20/h2-3,6-11,17H,4-5,12-13H2,1H3. The van der Waals surface area contributed by atoms with Crippen molar-refractivity contribution in [3.05, 3.63) is 60.0 Å². The van der Waals surface area contributed by atoms with Gasteiger partial charge in [-0.1, -0.05) is 6.07 Å². The fourth-order valence-electron chi connectivity index (χ4n) is 3.43. The Kier molecular flexibility index (Phi) is 4.58. The Morgan fingerprint density at radius 1 is 1.15 bits per heavy atom. The van der Waals surface area contributed by atoms with E-state index in [4.69, 9.17) is 4.74 Å². The highest BCUT2D eigenvalue weighted by molar-refractivity contribution is 5.94. The molecule has 1 unspecified atom stereocenters. The predicted molar refractivity (Wildman–Crippen MR) is 98.6 cm³/mol. The molecule has 0 radical (unpaired) electrons. The zero-order chi connectivity index (χ0) is 18.8. The molecule has 0 saturated carbocycles. The molecule has 27 heavy (non-hydrogen) atoms. The largest absolute Gasteiger partial charge is 0.484 e. The first-order valence-electron chi connectivity index (χ1n) is 8.96. The minimum atomic E-state index is -0.0985. The van der Waals surface area contributed by atoms with Crippen LogP contribution in [0.15, 0.2) is 48.7 Å². The van der Waals surface area contributed by atoms with Crippen LogP contribution in [0, 0.1) is 0 Å². The van der Waals surface area contributed by atoms with E-state index in [-0.39, 0.29) is 24.3 Å². The number of likely N-dealkylation sites (tertiary alicyclic amines) is 1. The molecule has 0 N–H and O–H groups in total. The number of rotatable bonds is 5. The molecule has 1 saturated heterocycles. The Morgan fingerprint density at radius 3 is 2.74 bits per heavy atom. The van der Waals surface area contributed by atoms with Gasteiger partial charge in [-0.15, -0.1) is 10.2 Å². The maximum Gasteiger partial charge on any atom is 0.261 e. The van der Waals surface area contributed by atoms with E-state index in [9.17, 15) is 9.59 Å². The molecule has 7 heteroatoms. The van der Waals surface area contributed by atoms with Gasteiger partial charge in [-0.3, -0.25) is 14.0 Å². The number of amides is 1. The van der Waals surface area contributed by atoms with Crippen molar-refractivity contribution in [3.8, 4) is 5.75 Å². The third-order valence-corrected chi connectivity index (χ3v) is 4.83. The Labute approximate surface area is 156 Å². The zero-order valence-corrected chi connectivity index (χ0v) is 15.0. The summed E-state index contributed by atoms with van der Waals surface area (Å²) in [6.45, 7) is 2.14. The molecule has 1 aliphatic rings. The molecule has 3 aromatic rings. The Hall–Kier alpha value is -3.22. The average molecular weight is 364 g/mol. The van der Waals surface area contributed by atoms with Gasteiger partial charge in [-0.2, -0.15) is 0 Å². The van der Waals surface area contributed by atoms with E-state index in [1.807, 2.05) is 33.7 Å². The number of pyridine rings is 1. The van der Waals surface area contributed by atoms with Crippen molar-refractivity contribution in [1.82, 2.24) is 19.5 Å². The molecule has 1 aliphatic heterocycles. The normalized spacial score (nSPS) is 16.6. The zero-order valence-electron chi connectivity index (χ0n) is 15.0. The van der Waals surface area contributed by atoms with Crippen molar-refractivity contribution in [1.29, 1.82) is 0 Å². The highest BCUT2D eigenvalue weighted by Gasteiger charge is 2.33. The monoisotopic (exact) mass is 364 g/mol. The van der Waals surface area contributed by atoms with E-state index in [0.29, 0.717) is 17.9 Å². The van der Waals surface area contributed by atoms with Gasteiger partial charge in [0.05, 0.1) is 6.04 Å². The molecule has 1 aromatic carbocycles. The number of nitrogens with zero attached hydrogens (tertiary/aromatic N) is 4. The average Bonchev–Trinajstić information content (AvgIpc) is 3.33. The van der Waals surface area contributed by atoms with E-state index < -0.39 is 0 Å². The molecule has 0 bridgehead atoms. The van der Waals surface area contributed by atoms with Gasteiger partial charge in [0.1, 0.15) is 5.75 Å². The van der Waals surface area contributed by atoms with Crippen molar-refractivity contribution in [2.24, 2.45) is 0 Å². The van der Waals surface area contributed by atoms with Crippen molar-refractivity contribution < 1.29 is 14.3 Å². The number of carbonyl (C=O) groups is 2. The second-order valence-electron chi connectivity index (χ2n) is 6.60. The van der Waals surface area contributed by atoms with Crippen molar-refractivity contribution in [2.45, 2.75) is 25.8 Å². The van der Waals surface area contributed by atoms with Gasteiger partial charge in [0, 0.05) is 18.3 Å². The first-order valence-corrected chi connectivity index (χ1v) is 8.96. The van der Waals surface area contributed by atoms with Crippen LogP contribution in [0.4, 0.5) is 0 Å². The van der Waals surface area contributed by atoms with Crippen molar-refractivity contribution >= 4 is 17.3 Å². The Balaban J connectivity index is 1.45. The maximum atomic E-state index is 12.7. The fraction of sp³-hybridized carbons (Fsp3) is 0.300. The topological polar surface area (TPSA) is 76.8 Å². The molecular formula is C20H20N4O3. The summed E-state index contributed by atoms with van der Waals surface area (Å²) in [7, 11) is 0. The fourth-order valence-corrected chi connectivity index (χ4v) is 3.43. The van der Waals surface area contributed by atoms with Gasteiger partial charge < -0.3 is 9.64 Å². The lowest BCUT2D eigenvalue weighted by atomic mass is 10.1. The van der Waals surface area contributed by atoms with Gasteiger partial charge in [-0.05, 0) is 56.2 Å². The lowest BCUT2D eigenvalue weighted by Crippen LogP contribution is -2.35. The lowest BCUT2D eigenvalue weighted by molar-refractivity contribution is -0.134. The second kappa shape index (κ2) is 7.19. The molecule has 1 amide bonds. The van der Waals surface area contributed by atoms with Crippen LogP contribution in [0.5, 0.6) is 5.75 Å². The van der Waals surface area contributed by atoms with Crippen LogP contribution < -0.4 is 4.74 Å². The lowest BCUT2D eigenvalue weighted by Gasteiger charge is -2.23. The third-order valence-electron chi connectivity index (χ3n) is 4.83. The molecule has 138 valence electrons.